The molecule has 1 saturated heterocycles. The zero-order chi connectivity index (χ0) is 13.9. The molecule has 1 unspecified atom stereocenters. The van der Waals surface area contributed by atoms with E-state index in [1.54, 1.807) is 0 Å². The minimum Gasteiger partial charge on any atom is -0.444 e. The van der Waals surface area contributed by atoms with Crippen LogP contribution in [0.15, 0.2) is 15.1 Å². The van der Waals surface area contributed by atoms with Crippen molar-refractivity contribution < 1.29 is 8.94 Å². The van der Waals surface area contributed by atoms with E-state index in [4.69, 9.17) is 8.94 Å². The minimum atomic E-state index is 0.349. The molecule has 1 aliphatic heterocycles. The smallest absolute Gasteiger partial charge is 0.223 e. The molecule has 0 amide bonds. The van der Waals surface area contributed by atoms with Gasteiger partial charge < -0.3 is 8.94 Å². The molecule has 0 aromatic carbocycles. The molecular formula is C14H20N4O2. The Bertz CT molecular complexity index is 563. The third-order valence-electron chi connectivity index (χ3n) is 3.72. The molecule has 6 heteroatoms. The summed E-state index contributed by atoms with van der Waals surface area (Å²) in [5.41, 5.74) is 0. The molecule has 108 valence electrons. The average Bonchev–Trinajstić information content (AvgIpc) is 3.08. The van der Waals surface area contributed by atoms with Crippen molar-refractivity contribution >= 4 is 0 Å². The highest BCUT2D eigenvalue weighted by Crippen LogP contribution is 2.25. The van der Waals surface area contributed by atoms with Gasteiger partial charge in [-0.25, -0.2) is 4.98 Å². The molecule has 0 N–H and O–H groups in total. The van der Waals surface area contributed by atoms with Crippen LogP contribution in [0.25, 0.3) is 0 Å². The van der Waals surface area contributed by atoms with Crippen molar-refractivity contribution in [3.63, 3.8) is 0 Å². The van der Waals surface area contributed by atoms with Gasteiger partial charge in [-0.1, -0.05) is 12.1 Å². The molecule has 0 saturated carbocycles. The van der Waals surface area contributed by atoms with Crippen molar-refractivity contribution in [1.29, 1.82) is 0 Å². The van der Waals surface area contributed by atoms with Crippen LogP contribution in [-0.2, 0) is 13.0 Å². The van der Waals surface area contributed by atoms with Crippen molar-refractivity contribution in [1.82, 2.24) is 20.0 Å². The summed E-state index contributed by atoms with van der Waals surface area (Å²) in [6.07, 6.45) is 4.96. The van der Waals surface area contributed by atoms with Crippen molar-refractivity contribution in [2.24, 2.45) is 0 Å². The summed E-state index contributed by atoms with van der Waals surface area (Å²) in [5, 5.41) is 4.05. The topological polar surface area (TPSA) is 68.2 Å². The lowest BCUT2D eigenvalue weighted by Gasteiger charge is -2.30. The van der Waals surface area contributed by atoms with Crippen LogP contribution in [0, 0.1) is 6.92 Å². The number of hydrogen-bond acceptors (Lipinski definition) is 6. The van der Waals surface area contributed by atoms with Gasteiger partial charge in [0, 0.05) is 25.8 Å². The first-order chi connectivity index (χ1) is 9.74. The normalized spacial score (nSPS) is 20.4. The van der Waals surface area contributed by atoms with Gasteiger partial charge in [0.05, 0.1) is 12.7 Å². The van der Waals surface area contributed by atoms with Crippen LogP contribution in [0.3, 0.4) is 0 Å². The fraction of sp³-hybridized carbons (Fsp3) is 0.643. The molecule has 0 spiro atoms. The molecule has 3 rings (SSSR count). The van der Waals surface area contributed by atoms with E-state index in [1.807, 2.05) is 13.1 Å². The lowest BCUT2D eigenvalue weighted by atomic mass is 9.97. The molecule has 0 aliphatic carbocycles. The van der Waals surface area contributed by atoms with E-state index in [0.717, 1.165) is 56.4 Å². The second kappa shape index (κ2) is 5.75. The van der Waals surface area contributed by atoms with Crippen LogP contribution in [0.5, 0.6) is 0 Å². The van der Waals surface area contributed by atoms with Crippen LogP contribution in [0.1, 0.15) is 49.0 Å². The molecule has 6 nitrogen and oxygen atoms in total. The van der Waals surface area contributed by atoms with E-state index in [1.165, 1.54) is 0 Å². The molecule has 1 fully saturated rings. The quantitative estimate of drug-likeness (QED) is 0.853. The zero-order valence-electron chi connectivity index (χ0n) is 12.0. The van der Waals surface area contributed by atoms with Gasteiger partial charge in [0.2, 0.25) is 11.8 Å². The Balaban J connectivity index is 1.63. The van der Waals surface area contributed by atoms with Crippen molar-refractivity contribution in [2.75, 3.05) is 13.1 Å². The van der Waals surface area contributed by atoms with E-state index in [2.05, 4.69) is 26.9 Å². The Labute approximate surface area is 118 Å². The van der Waals surface area contributed by atoms with Crippen LogP contribution >= 0.6 is 0 Å². The van der Waals surface area contributed by atoms with E-state index in [9.17, 15) is 0 Å². The van der Waals surface area contributed by atoms with Gasteiger partial charge >= 0.3 is 0 Å². The first-order valence-corrected chi connectivity index (χ1v) is 7.20. The lowest BCUT2D eigenvalue weighted by molar-refractivity contribution is 0.178. The fourth-order valence-electron chi connectivity index (χ4n) is 2.67. The molecule has 3 heterocycles. The maximum Gasteiger partial charge on any atom is 0.223 e. The Morgan fingerprint density at radius 1 is 1.45 bits per heavy atom. The number of likely N-dealkylation sites (tertiary alicyclic amines) is 1. The van der Waals surface area contributed by atoms with Crippen LogP contribution in [-0.4, -0.2) is 33.1 Å². The predicted octanol–water partition coefficient (Wildman–Crippen LogP) is 2.31. The monoisotopic (exact) mass is 276 g/mol. The Hall–Kier alpha value is -1.69. The second-order valence-electron chi connectivity index (χ2n) is 5.32. The largest absolute Gasteiger partial charge is 0.444 e. The molecule has 0 radical (unpaired) electrons. The molecule has 0 bridgehead atoms. The molecule has 20 heavy (non-hydrogen) atoms. The first kappa shape index (κ1) is 13.3. The van der Waals surface area contributed by atoms with E-state index in [0.29, 0.717) is 11.8 Å². The first-order valence-electron chi connectivity index (χ1n) is 7.20. The van der Waals surface area contributed by atoms with Crippen LogP contribution < -0.4 is 0 Å². The van der Waals surface area contributed by atoms with Gasteiger partial charge in [-0.2, -0.15) is 4.98 Å². The zero-order valence-corrected chi connectivity index (χ0v) is 12.0. The molecule has 2 aromatic heterocycles. The number of aryl methyl sites for hydroxylation is 2. The number of aromatic nitrogens is 3. The van der Waals surface area contributed by atoms with Crippen molar-refractivity contribution in [3.8, 4) is 0 Å². The van der Waals surface area contributed by atoms with E-state index >= 15 is 0 Å². The maximum atomic E-state index is 5.68. The Morgan fingerprint density at radius 2 is 2.35 bits per heavy atom. The van der Waals surface area contributed by atoms with Gasteiger partial charge in [0.1, 0.15) is 5.76 Å². The second-order valence-corrected chi connectivity index (χ2v) is 5.32. The van der Waals surface area contributed by atoms with Crippen LogP contribution in [0.2, 0.25) is 0 Å². The molecule has 2 aromatic rings. The molecule has 1 aliphatic rings. The van der Waals surface area contributed by atoms with Crippen LogP contribution in [0.4, 0.5) is 0 Å². The van der Waals surface area contributed by atoms with E-state index in [-0.39, 0.29) is 0 Å². The highest BCUT2D eigenvalue weighted by Gasteiger charge is 2.25. The summed E-state index contributed by atoms with van der Waals surface area (Å²) in [4.78, 5) is 11.0. The fourth-order valence-corrected chi connectivity index (χ4v) is 2.67. The summed E-state index contributed by atoms with van der Waals surface area (Å²) in [5.74, 6) is 3.56. The third-order valence-corrected chi connectivity index (χ3v) is 3.72. The van der Waals surface area contributed by atoms with Gasteiger partial charge in [-0.15, -0.1) is 0 Å². The van der Waals surface area contributed by atoms with Crippen molar-refractivity contribution in [3.05, 3.63) is 29.6 Å². The summed E-state index contributed by atoms with van der Waals surface area (Å²) < 4.78 is 10.8. The average molecular weight is 276 g/mol. The number of hydrogen-bond donors (Lipinski definition) is 0. The summed E-state index contributed by atoms with van der Waals surface area (Å²) in [6, 6.07) is 0. The standard InChI is InChI=1S/C14H20N4O2/c1-3-12-7-15-13(19-12)9-18-6-4-5-11(8-18)14-16-10(2)20-17-14/h7,11H,3-6,8-9H2,1-2H3. The number of oxazole rings is 1. The SMILES string of the molecule is CCc1cnc(CN2CCCC(c3noc(C)n3)C2)o1. The van der Waals surface area contributed by atoms with Gasteiger partial charge in [0.15, 0.2) is 5.82 Å². The number of piperidine rings is 1. The van der Waals surface area contributed by atoms with Crippen molar-refractivity contribution in [2.45, 2.75) is 45.6 Å². The number of rotatable bonds is 4. The lowest BCUT2D eigenvalue weighted by Crippen LogP contribution is -2.34. The third kappa shape index (κ3) is 2.90. The maximum absolute atomic E-state index is 5.68. The van der Waals surface area contributed by atoms with Gasteiger partial charge in [0.25, 0.3) is 0 Å². The van der Waals surface area contributed by atoms with Gasteiger partial charge in [-0.05, 0) is 19.4 Å². The summed E-state index contributed by atoms with van der Waals surface area (Å²) in [7, 11) is 0. The molecule has 1 atom stereocenters. The highest BCUT2D eigenvalue weighted by atomic mass is 16.5. The Morgan fingerprint density at radius 3 is 3.05 bits per heavy atom. The van der Waals surface area contributed by atoms with E-state index < -0.39 is 0 Å². The highest BCUT2D eigenvalue weighted by molar-refractivity contribution is 4.99. The summed E-state index contributed by atoms with van der Waals surface area (Å²) >= 11 is 0. The van der Waals surface area contributed by atoms with Gasteiger partial charge in [-0.3, -0.25) is 4.90 Å². The minimum absolute atomic E-state index is 0.349. The number of nitrogens with zero attached hydrogens (tertiary/aromatic N) is 4. The Kier molecular flexibility index (Phi) is 3.82. The predicted molar refractivity (Wildman–Crippen MR) is 72.2 cm³/mol. The molecular weight excluding hydrogens is 256 g/mol. The summed E-state index contributed by atoms with van der Waals surface area (Å²) in [6.45, 7) is 6.66.